The Morgan fingerprint density at radius 2 is 2.07 bits per heavy atom. The van der Waals surface area contributed by atoms with Crippen LogP contribution in [0.25, 0.3) is 0 Å². The van der Waals surface area contributed by atoms with Gasteiger partial charge < -0.3 is 0 Å². The number of Topliss-reactive ketones (excluding diaryl/α,β-unsaturated/α-hetero) is 1. The second-order valence-corrected chi connectivity index (χ2v) is 2.96. The SMILES string of the molecule is O=C1c2c(C(F)(F)F)n[nH]c2CC1F. The van der Waals surface area contributed by atoms with Crippen LogP contribution >= 0.6 is 0 Å². The molecule has 1 N–H and O–H groups in total. The summed E-state index contributed by atoms with van der Waals surface area (Å²) in [4.78, 5) is 11.0. The quantitative estimate of drug-likeness (QED) is 0.656. The highest BCUT2D eigenvalue weighted by Crippen LogP contribution is 2.35. The third-order valence-corrected chi connectivity index (χ3v) is 2.02. The molecule has 1 heterocycles. The summed E-state index contributed by atoms with van der Waals surface area (Å²) in [6.45, 7) is 0. The van der Waals surface area contributed by atoms with E-state index in [-0.39, 0.29) is 12.1 Å². The molecular formula is C7H4F4N2O. The molecule has 0 aliphatic heterocycles. The smallest absolute Gasteiger partial charge is 0.291 e. The fourth-order valence-electron chi connectivity index (χ4n) is 1.42. The number of halogens is 4. The zero-order valence-electron chi connectivity index (χ0n) is 6.65. The Morgan fingerprint density at radius 3 is 2.64 bits per heavy atom. The van der Waals surface area contributed by atoms with Crippen LogP contribution in [0.3, 0.4) is 0 Å². The largest absolute Gasteiger partial charge is 0.435 e. The van der Waals surface area contributed by atoms with E-state index in [0.29, 0.717) is 0 Å². The number of nitrogens with zero attached hydrogens (tertiary/aromatic N) is 1. The molecule has 14 heavy (non-hydrogen) atoms. The Hall–Kier alpha value is -1.40. The summed E-state index contributed by atoms with van der Waals surface area (Å²) in [5, 5.41) is 4.98. The third kappa shape index (κ3) is 1.11. The van der Waals surface area contributed by atoms with Crippen LogP contribution in [0.1, 0.15) is 21.7 Å². The van der Waals surface area contributed by atoms with Crippen molar-refractivity contribution < 1.29 is 22.4 Å². The Kier molecular flexibility index (Phi) is 1.67. The predicted octanol–water partition coefficient (Wildman–Crippen LogP) is 1.51. The zero-order valence-corrected chi connectivity index (χ0v) is 6.65. The number of ketones is 1. The van der Waals surface area contributed by atoms with E-state index in [4.69, 9.17) is 0 Å². The van der Waals surface area contributed by atoms with Crippen LogP contribution in [0.15, 0.2) is 0 Å². The lowest BCUT2D eigenvalue weighted by atomic mass is 10.2. The number of carbonyl (C=O) groups excluding carboxylic acids is 1. The lowest BCUT2D eigenvalue weighted by Gasteiger charge is -2.03. The number of nitrogens with one attached hydrogen (secondary N) is 1. The lowest BCUT2D eigenvalue weighted by Crippen LogP contribution is -2.15. The number of alkyl halides is 4. The average Bonchev–Trinajstić information content (AvgIpc) is 2.54. The molecule has 1 aliphatic rings. The predicted molar refractivity (Wildman–Crippen MR) is 36.5 cm³/mol. The van der Waals surface area contributed by atoms with E-state index < -0.39 is 29.4 Å². The van der Waals surface area contributed by atoms with E-state index in [1.807, 2.05) is 5.10 Å². The Balaban J connectivity index is 2.54. The maximum atomic E-state index is 12.7. The van der Waals surface area contributed by atoms with Crippen molar-refractivity contribution in [1.29, 1.82) is 0 Å². The number of aromatic nitrogens is 2. The van der Waals surface area contributed by atoms with Gasteiger partial charge in [0.15, 0.2) is 11.9 Å². The summed E-state index contributed by atoms with van der Waals surface area (Å²) in [6.07, 6.45) is -6.94. The first-order valence-corrected chi connectivity index (χ1v) is 3.74. The molecule has 2 rings (SSSR count). The van der Waals surface area contributed by atoms with Gasteiger partial charge in [0.05, 0.1) is 11.3 Å². The molecule has 0 bridgehead atoms. The molecule has 0 saturated carbocycles. The molecule has 0 radical (unpaired) electrons. The van der Waals surface area contributed by atoms with E-state index in [2.05, 4.69) is 5.10 Å². The topological polar surface area (TPSA) is 45.8 Å². The van der Waals surface area contributed by atoms with E-state index >= 15 is 0 Å². The lowest BCUT2D eigenvalue weighted by molar-refractivity contribution is -0.141. The summed E-state index contributed by atoms with van der Waals surface area (Å²) < 4.78 is 49.4. The minimum Gasteiger partial charge on any atom is -0.291 e. The Labute approximate surface area is 75.1 Å². The molecule has 0 aromatic carbocycles. The second kappa shape index (κ2) is 2.55. The van der Waals surface area contributed by atoms with Crippen LogP contribution in [-0.2, 0) is 12.6 Å². The van der Waals surface area contributed by atoms with Gasteiger partial charge in [-0.15, -0.1) is 0 Å². The molecule has 3 nitrogen and oxygen atoms in total. The van der Waals surface area contributed by atoms with Crippen LogP contribution in [0.5, 0.6) is 0 Å². The minimum absolute atomic E-state index is 0.0742. The molecule has 0 saturated heterocycles. The van der Waals surface area contributed by atoms with Gasteiger partial charge in [-0.3, -0.25) is 9.89 Å². The van der Waals surface area contributed by atoms with Gasteiger partial charge in [0.1, 0.15) is 0 Å². The number of H-pyrrole nitrogens is 1. The van der Waals surface area contributed by atoms with Crippen LogP contribution in [-0.4, -0.2) is 22.2 Å². The van der Waals surface area contributed by atoms with E-state index in [1.54, 1.807) is 0 Å². The maximum Gasteiger partial charge on any atom is 0.435 e. The van der Waals surface area contributed by atoms with Gasteiger partial charge in [0, 0.05) is 6.42 Å². The Bertz CT molecular complexity index is 395. The summed E-state index contributed by atoms with van der Waals surface area (Å²) in [7, 11) is 0. The summed E-state index contributed by atoms with van der Waals surface area (Å²) >= 11 is 0. The molecule has 0 fully saturated rings. The molecule has 0 amide bonds. The number of hydrogen-bond acceptors (Lipinski definition) is 2. The van der Waals surface area contributed by atoms with E-state index in [0.717, 1.165) is 0 Å². The van der Waals surface area contributed by atoms with Crippen molar-refractivity contribution in [2.24, 2.45) is 0 Å². The van der Waals surface area contributed by atoms with Gasteiger partial charge in [-0.05, 0) is 0 Å². The highest BCUT2D eigenvalue weighted by atomic mass is 19.4. The zero-order chi connectivity index (χ0) is 10.5. The molecule has 1 aliphatic carbocycles. The van der Waals surface area contributed by atoms with Crippen LogP contribution in [0, 0.1) is 0 Å². The summed E-state index contributed by atoms with van der Waals surface area (Å²) in [6, 6.07) is 0. The number of rotatable bonds is 0. The normalized spacial score (nSPS) is 21.4. The number of hydrogen-bond donors (Lipinski definition) is 1. The van der Waals surface area contributed by atoms with Crippen LogP contribution in [0.2, 0.25) is 0 Å². The molecule has 1 aromatic heterocycles. The molecule has 1 unspecified atom stereocenters. The molecule has 1 atom stereocenters. The summed E-state index contributed by atoms with van der Waals surface area (Å²) in [5.74, 6) is -1.14. The van der Waals surface area contributed by atoms with Gasteiger partial charge in [0.2, 0.25) is 5.78 Å². The van der Waals surface area contributed by atoms with Crippen molar-refractivity contribution >= 4 is 5.78 Å². The first-order valence-electron chi connectivity index (χ1n) is 3.74. The van der Waals surface area contributed by atoms with E-state index in [9.17, 15) is 22.4 Å². The standard InChI is InChI=1S/C7H4F4N2O/c8-2-1-3-4(5(2)14)6(13-12-3)7(9,10)11/h2H,1H2,(H,12,13). The highest BCUT2D eigenvalue weighted by molar-refractivity contribution is 6.04. The van der Waals surface area contributed by atoms with Crippen molar-refractivity contribution in [3.05, 3.63) is 17.0 Å². The highest BCUT2D eigenvalue weighted by Gasteiger charge is 2.45. The van der Waals surface area contributed by atoms with Crippen LogP contribution in [0.4, 0.5) is 17.6 Å². The molecule has 76 valence electrons. The van der Waals surface area contributed by atoms with Crippen molar-refractivity contribution in [3.63, 3.8) is 0 Å². The molecule has 0 spiro atoms. The minimum atomic E-state index is -4.72. The average molecular weight is 208 g/mol. The van der Waals surface area contributed by atoms with Crippen molar-refractivity contribution in [1.82, 2.24) is 10.2 Å². The van der Waals surface area contributed by atoms with Gasteiger partial charge in [0.25, 0.3) is 0 Å². The monoisotopic (exact) mass is 208 g/mol. The molecular weight excluding hydrogens is 204 g/mol. The third-order valence-electron chi connectivity index (χ3n) is 2.02. The fourth-order valence-corrected chi connectivity index (χ4v) is 1.42. The van der Waals surface area contributed by atoms with Crippen LogP contribution < -0.4 is 0 Å². The van der Waals surface area contributed by atoms with Crippen molar-refractivity contribution in [2.45, 2.75) is 18.8 Å². The summed E-state index contributed by atoms with van der Waals surface area (Å²) in [5.41, 5.74) is -2.04. The van der Waals surface area contributed by atoms with Gasteiger partial charge in [-0.2, -0.15) is 18.3 Å². The maximum absolute atomic E-state index is 12.7. The number of fused-ring (bicyclic) bond motifs is 1. The number of carbonyl (C=O) groups is 1. The first-order chi connectivity index (χ1) is 6.41. The van der Waals surface area contributed by atoms with Crippen molar-refractivity contribution in [2.75, 3.05) is 0 Å². The van der Waals surface area contributed by atoms with Gasteiger partial charge in [-0.25, -0.2) is 4.39 Å². The van der Waals surface area contributed by atoms with E-state index in [1.165, 1.54) is 0 Å². The van der Waals surface area contributed by atoms with Crippen molar-refractivity contribution in [3.8, 4) is 0 Å². The Morgan fingerprint density at radius 1 is 1.43 bits per heavy atom. The number of aromatic amines is 1. The fraction of sp³-hybridized carbons (Fsp3) is 0.429. The second-order valence-electron chi connectivity index (χ2n) is 2.96. The van der Waals surface area contributed by atoms with Gasteiger partial charge in [-0.1, -0.05) is 0 Å². The van der Waals surface area contributed by atoms with Gasteiger partial charge >= 0.3 is 6.18 Å². The first kappa shape index (κ1) is 9.17. The molecule has 1 aromatic rings. The molecule has 7 heteroatoms.